The molecule has 1 rings (SSSR count). The van der Waals surface area contributed by atoms with Crippen LogP contribution in [0.2, 0.25) is 16.6 Å². The number of hydrogen-bond donors (Lipinski definition) is 0. The smallest absolute Gasteiger partial charge is 0.378 e. The van der Waals surface area contributed by atoms with Gasteiger partial charge in [-0.15, -0.1) is 0 Å². The van der Waals surface area contributed by atoms with Crippen molar-refractivity contribution in [2.24, 2.45) is 0 Å². The molecule has 0 bridgehead atoms. The molecule has 3 unspecified atom stereocenters. The average Bonchev–Trinajstić information content (AvgIpc) is 2.64. The monoisotopic (exact) mass is 396 g/mol. The molecule has 0 radical (unpaired) electrons. The lowest BCUT2D eigenvalue weighted by molar-refractivity contribution is 0.0209. The van der Waals surface area contributed by atoms with E-state index in [2.05, 4.69) is 41.5 Å². The molecular formula is C15H36O6Si3. The second-order valence-corrected chi connectivity index (χ2v) is 16.9. The molecule has 24 heavy (non-hydrogen) atoms. The van der Waals surface area contributed by atoms with Crippen molar-refractivity contribution in [3.8, 4) is 0 Å². The highest BCUT2D eigenvalue weighted by molar-refractivity contribution is 6.90. The SMILES string of the molecule is CCC(C)[Si]1(OC)O[Si](OC)(C(C)CC)O[Si](OC)(C(C)CC)O1. The summed E-state index contributed by atoms with van der Waals surface area (Å²) in [5.74, 6) is 0. The topological polar surface area (TPSA) is 55.4 Å². The molecule has 1 aliphatic rings. The molecule has 0 aliphatic carbocycles. The molecule has 3 atom stereocenters. The first kappa shape index (κ1) is 22.5. The highest BCUT2D eigenvalue weighted by Gasteiger charge is 2.71. The summed E-state index contributed by atoms with van der Waals surface area (Å²) in [5.41, 5.74) is 0.468. The Hall–Kier alpha value is 0.411. The van der Waals surface area contributed by atoms with Crippen LogP contribution in [-0.4, -0.2) is 47.7 Å². The molecule has 1 saturated heterocycles. The van der Waals surface area contributed by atoms with Gasteiger partial charge in [-0.05, 0) is 19.3 Å². The Morgan fingerprint density at radius 3 is 0.917 bits per heavy atom. The normalized spacial score (nSPS) is 37.9. The molecule has 1 heterocycles. The zero-order valence-corrected chi connectivity index (χ0v) is 19.8. The third kappa shape index (κ3) is 3.89. The van der Waals surface area contributed by atoms with Crippen LogP contribution in [0.3, 0.4) is 0 Å². The average molecular weight is 397 g/mol. The Balaban J connectivity index is 3.49. The fraction of sp³-hybridized carbons (Fsp3) is 1.00. The summed E-state index contributed by atoms with van der Waals surface area (Å²) in [5, 5.41) is 0. The van der Waals surface area contributed by atoms with E-state index in [0.717, 1.165) is 19.3 Å². The van der Waals surface area contributed by atoms with Gasteiger partial charge in [-0.1, -0.05) is 41.5 Å². The minimum Gasteiger partial charge on any atom is -0.378 e. The summed E-state index contributed by atoms with van der Waals surface area (Å²) >= 11 is 0. The molecule has 1 aliphatic heterocycles. The third-order valence-corrected chi connectivity index (χ3v) is 18.7. The van der Waals surface area contributed by atoms with Gasteiger partial charge in [0.25, 0.3) is 0 Å². The van der Waals surface area contributed by atoms with Gasteiger partial charge in [-0.3, -0.25) is 0 Å². The van der Waals surface area contributed by atoms with Crippen molar-refractivity contribution in [2.75, 3.05) is 21.3 Å². The van der Waals surface area contributed by atoms with E-state index in [1.54, 1.807) is 21.3 Å². The first-order chi connectivity index (χ1) is 11.2. The zero-order valence-electron chi connectivity index (χ0n) is 16.8. The van der Waals surface area contributed by atoms with Gasteiger partial charge >= 0.3 is 26.4 Å². The Bertz CT molecular complexity index is 334. The summed E-state index contributed by atoms with van der Waals surface area (Å²) < 4.78 is 37.6. The van der Waals surface area contributed by atoms with Gasteiger partial charge in [0.2, 0.25) is 0 Å². The van der Waals surface area contributed by atoms with Gasteiger partial charge < -0.3 is 25.6 Å². The Labute approximate surface area is 151 Å². The van der Waals surface area contributed by atoms with E-state index in [4.69, 9.17) is 25.6 Å². The summed E-state index contributed by atoms with van der Waals surface area (Å²) in [4.78, 5) is 0. The second kappa shape index (κ2) is 8.87. The van der Waals surface area contributed by atoms with E-state index >= 15 is 0 Å². The van der Waals surface area contributed by atoms with Crippen LogP contribution in [0.1, 0.15) is 60.8 Å². The van der Waals surface area contributed by atoms with Crippen molar-refractivity contribution in [1.29, 1.82) is 0 Å². The molecular weight excluding hydrogens is 360 g/mol. The molecule has 0 aromatic heterocycles. The van der Waals surface area contributed by atoms with E-state index in [1.165, 1.54) is 0 Å². The predicted octanol–water partition coefficient (Wildman–Crippen LogP) is 4.21. The lowest BCUT2D eigenvalue weighted by atomic mass is 10.4. The van der Waals surface area contributed by atoms with Crippen molar-refractivity contribution in [3.05, 3.63) is 0 Å². The quantitative estimate of drug-likeness (QED) is 0.544. The standard InChI is InChI=1S/C15H36O6Si3/c1-10-13(4)22(16-7)19-23(17-8,14(5)11-2)21-24(18-9,20-22)15(6)12-3/h13-15H,10-12H2,1-9H3. The lowest BCUT2D eigenvalue weighted by Crippen LogP contribution is -2.75. The van der Waals surface area contributed by atoms with Crippen molar-refractivity contribution < 1.29 is 25.6 Å². The molecule has 144 valence electrons. The zero-order chi connectivity index (χ0) is 18.6. The van der Waals surface area contributed by atoms with Gasteiger partial charge in [0.1, 0.15) is 0 Å². The van der Waals surface area contributed by atoms with Crippen LogP contribution < -0.4 is 0 Å². The minimum absolute atomic E-state index is 0.156. The Morgan fingerprint density at radius 2 is 0.792 bits per heavy atom. The molecule has 0 aromatic rings. The second-order valence-electron chi connectivity index (χ2n) is 6.66. The van der Waals surface area contributed by atoms with Crippen molar-refractivity contribution in [1.82, 2.24) is 0 Å². The molecule has 0 amide bonds. The molecule has 0 aromatic carbocycles. The van der Waals surface area contributed by atoms with Gasteiger partial charge in [-0.2, -0.15) is 0 Å². The lowest BCUT2D eigenvalue weighted by Gasteiger charge is -2.53. The van der Waals surface area contributed by atoms with Crippen molar-refractivity contribution >= 4 is 26.4 Å². The molecule has 6 nitrogen and oxygen atoms in total. The first-order valence-corrected chi connectivity index (χ1v) is 14.4. The van der Waals surface area contributed by atoms with Crippen molar-refractivity contribution in [3.63, 3.8) is 0 Å². The maximum atomic E-state index is 6.56. The van der Waals surface area contributed by atoms with E-state index in [0.29, 0.717) is 0 Å². The summed E-state index contributed by atoms with van der Waals surface area (Å²) in [6.45, 7) is 12.7. The van der Waals surface area contributed by atoms with Crippen LogP contribution >= 0.6 is 0 Å². The number of hydrogen-bond acceptors (Lipinski definition) is 6. The van der Waals surface area contributed by atoms with Gasteiger partial charge in [-0.25, -0.2) is 0 Å². The van der Waals surface area contributed by atoms with Crippen LogP contribution in [-0.2, 0) is 25.6 Å². The molecule has 9 heteroatoms. The summed E-state index contributed by atoms with van der Waals surface area (Å²) in [7, 11) is -3.90. The Morgan fingerprint density at radius 1 is 0.583 bits per heavy atom. The van der Waals surface area contributed by atoms with Crippen LogP contribution in [0.5, 0.6) is 0 Å². The summed E-state index contributed by atoms with van der Waals surface area (Å²) in [6, 6.07) is 0. The van der Waals surface area contributed by atoms with E-state index in [1.807, 2.05) is 0 Å². The molecule has 0 saturated carbocycles. The van der Waals surface area contributed by atoms with Crippen molar-refractivity contribution in [2.45, 2.75) is 77.4 Å². The molecule has 1 fully saturated rings. The largest absolute Gasteiger partial charge is 0.488 e. The van der Waals surface area contributed by atoms with Crippen LogP contribution in [0, 0.1) is 0 Å². The molecule has 0 spiro atoms. The van der Waals surface area contributed by atoms with Gasteiger partial charge in [0.05, 0.1) is 0 Å². The Kier molecular flexibility index (Phi) is 8.30. The highest BCUT2D eigenvalue weighted by Crippen LogP contribution is 2.47. The molecule has 0 N–H and O–H groups in total. The van der Waals surface area contributed by atoms with Gasteiger partial charge in [0, 0.05) is 38.0 Å². The van der Waals surface area contributed by atoms with E-state index in [9.17, 15) is 0 Å². The van der Waals surface area contributed by atoms with E-state index in [-0.39, 0.29) is 16.6 Å². The number of rotatable bonds is 9. The third-order valence-electron chi connectivity index (χ3n) is 5.35. The fourth-order valence-corrected chi connectivity index (χ4v) is 18.8. The minimum atomic E-state index is -2.98. The van der Waals surface area contributed by atoms with Gasteiger partial charge in [0.15, 0.2) is 0 Å². The van der Waals surface area contributed by atoms with Crippen LogP contribution in [0.4, 0.5) is 0 Å². The predicted molar refractivity (Wildman–Crippen MR) is 101 cm³/mol. The highest BCUT2D eigenvalue weighted by atomic mass is 28.5. The van der Waals surface area contributed by atoms with E-state index < -0.39 is 26.4 Å². The summed E-state index contributed by atoms with van der Waals surface area (Å²) in [6.07, 6.45) is 2.72. The van der Waals surface area contributed by atoms with Crippen LogP contribution in [0.25, 0.3) is 0 Å². The maximum Gasteiger partial charge on any atom is 0.488 e. The van der Waals surface area contributed by atoms with Crippen LogP contribution in [0.15, 0.2) is 0 Å². The maximum absolute atomic E-state index is 6.56. The fourth-order valence-electron chi connectivity index (χ4n) is 2.86. The first-order valence-electron chi connectivity index (χ1n) is 9.01.